The Morgan fingerprint density at radius 3 is 2.59 bits per heavy atom. The van der Waals surface area contributed by atoms with E-state index < -0.39 is 0 Å². The number of nitrogens with one attached hydrogen (secondary N) is 1. The van der Waals surface area contributed by atoms with Crippen LogP contribution in [0.2, 0.25) is 10.0 Å². The Morgan fingerprint density at radius 2 is 1.78 bits per heavy atom. The summed E-state index contributed by atoms with van der Waals surface area (Å²) in [5, 5.41) is 5.72. The van der Waals surface area contributed by atoms with Crippen molar-refractivity contribution in [2.75, 3.05) is 11.9 Å². The number of anilines is 1. The van der Waals surface area contributed by atoms with Crippen LogP contribution in [0.15, 0.2) is 72.8 Å². The molecule has 0 spiro atoms. The van der Waals surface area contributed by atoms with Gasteiger partial charge in [-0.3, -0.25) is 9.69 Å². The quantitative estimate of drug-likeness (QED) is 0.224. The number of thiophene rings is 1. The zero-order valence-corrected chi connectivity index (χ0v) is 23.5. The van der Waals surface area contributed by atoms with Crippen LogP contribution in [-0.2, 0) is 19.5 Å². The molecule has 0 atom stereocenters. The SMILES string of the molecule is Cl.O=C(Nc1sc2c(c1-c1nc3ccccc3s1)CCN(Cc1ccccc1)C2)c1cc(Cl)ccc1Cl. The molecule has 5 aromatic rings. The average Bonchev–Trinajstić information content (AvgIpc) is 3.46. The summed E-state index contributed by atoms with van der Waals surface area (Å²) in [7, 11) is 0. The third kappa shape index (κ3) is 5.41. The number of fused-ring (bicyclic) bond motifs is 2. The average molecular weight is 587 g/mol. The van der Waals surface area contributed by atoms with Crippen molar-refractivity contribution in [3.05, 3.63) is 104 Å². The Kier molecular flexibility index (Phi) is 7.86. The lowest BCUT2D eigenvalue weighted by molar-refractivity contribution is 0.102. The topological polar surface area (TPSA) is 45.2 Å². The molecule has 0 aliphatic carbocycles. The van der Waals surface area contributed by atoms with Crippen molar-refractivity contribution in [3.63, 3.8) is 0 Å². The minimum Gasteiger partial charge on any atom is -0.313 e. The Balaban J connectivity index is 0.00000280. The molecule has 1 N–H and O–H groups in total. The molecule has 6 rings (SSSR count). The molecule has 37 heavy (non-hydrogen) atoms. The molecular formula is C28H22Cl3N3OS2. The van der Waals surface area contributed by atoms with Gasteiger partial charge in [-0.25, -0.2) is 4.98 Å². The first-order valence-electron chi connectivity index (χ1n) is 11.6. The summed E-state index contributed by atoms with van der Waals surface area (Å²) in [6, 6.07) is 23.6. The number of hydrogen-bond acceptors (Lipinski definition) is 5. The van der Waals surface area contributed by atoms with Gasteiger partial charge in [-0.15, -0.1) is 35.1 Å². The minimum absolute atomic E-state index is 0. The highest BCUT2D eigenvalue weighted by atomic mass is 35.5. The second kappa shape index (κ2) is 11.1. The number of para-hydroxylation sites is 1. The van der Waals surface area contributed by atoms with E-state index in [-0.39, 0.29) is 18.3 Å². The van der Waals surface area contributed by atoms with Crippen LogP contribution in [0.25, 0.3) is 20.8 Å². The molecule has 0 bridgehead atoms. The lowest BCUT2D eigenvalue weighted by atomic mass is 10.0. The van der Waals surface area contributed by atoms with Crippen LogP contribution in [0.1, 0.15) is 26.4 Å². The van der Waals surface area contributed by atoms with Crippen molar-refractivity contribution >= 4 is 79.4 Å². The number of carbonyl (C=O) groups is 1. The van der Waals surface area contributed by atoms with E-state index in [0.29, 0.717) is 15.6 Å². The fourth-order valence-electron chi connectivity index (χ4n) is 4.57. The third-order valence-corrected chi connectivity index (χ3v) is 9.04. The van der Waals surface area contributed by atoms with E-state index in [9.17, 15) is 4.79 Å². The molecule has 9 heteroatoms. The van der Waals surface area contributed by atoms with Crippen LogP contribution >= 0.6 is 58.3 Å². The summed E-state index contributed by atoms with van der Waals surface area (Å²) in [6.45, 7) is 2.68. The molecule has 1 aliphatic rings. The van der Waals surface area contributed by atoms with Crippen molar-refractivity contribution in [2.45, 2.75) is 19.5 Å². The van der Waals surface area contributed by atoms with Crippen LogP contribution in [0, 0.1) is 0 Å². The van der Waals surface area contributed by atoms with Gasteiger partial charge in [0.15, 0.2) is 0 Å². The maximum Gasteiger partial charge on any atom is 0.257 e. The van der Waals surface area contributed by atoms with Gasteiger partial charge in [-0.05, 0) is 47.9 Å². The summed E-state index contributed by atoms with van der Waals surface area (Å²) in [5.74, 6) is -0.274. The Hall–Kier alpha value is -2.45. The van der Waals surface area contributed by atoms with Crippen LogP contribution in [-0.4, -0.2) is 22.3 Å². The van der Waals surface area contributed by atoms with Crippen LogP contribution in [0.4, 0.5) is 5.00 Å². The lowest BCUT2D eigenvalue weighted by Crippen LogP contribution is -2.29. The second-order valence-corrected chi connectivity index (χ2v) is 11.7. The number of amides is 1. The van der Waals surface area contributed by atoms with Crippen molar-refractivity contribution in [2.24, 2.45) is 0 Å². The van der Waals surface area contributed by atoms with E-state index in [1.807, 2.05) is 24.3 Å². The molecule has 3 aromatic carbocycles. The molecule has 1 amide bonds. The predicted molar refractivity (Wildman–Crippen MR) is 159 cm³/mol. The van der Waals surface area contributed by atoms with E-state index in [1.165, 1.54) is 16.0 Å². The first kappa shape index (κ1) is 26.2. The number of carbonyl (C=O) groups excluding carboxylic acids is 1. The van der Waals surface area contributed by atoms with Crippen molar-refractivity contribution in [1.82, 2.24) is 9.88 Å². The molecule has 0 radical (unpaired) electrons. The number of halogens is 3. The van der Waals surface area contributed by atoms with Gasteiger partial charge >= 0.3 is 0 Å². The van der Waals surface area contributed by atoms with E-state index in [0.717, 1.165) is 51.8 Å². The largest absolute Gasteiger partial charge is 0.313 e. The normalized spacial score (nSPS) is 13.2. The fraction of sp³-hybridized carbons (Fsp3) is 0.143. The summed E-state index contributed by atoms with van der Waals surface area (Å²) in [6.07, 6.45) is 0.901. The number of aromatic nitrogens is 1. The molecule has 0 saturated carbocycles. The van der Waals surface area contributed by atoms with E-state index in [4.69, 9.17) is 28.2 Å². The highest BCUT2D eigenvalue weighted by molar-refractivity contribution is 7.23. The first-order valence-corrected chi connectivity index (χ1v) is 14.0. The van der Waals surface area contributed by atoms with Gasteiger partial charge in [0.2, 0.25) is 0 Å². The van der Waals surface area contributed by atoms with Gasteiger partial charge in [-0.1, -0.05) is 65.7 Å². The summed E-state index contributed by atoms with van der Waals surface area (Å²) < 4.78 is 1.13. The standard InChI is InChI=1S/C28H21Cl2N3OS2.ClH/c29-18-10-11-21(30)20(14-18)26(34)32-28-25(27-31-22-8-4-5-9-23(22)35-27)19-12-13-33(16-24(19)36-28)15-17-6-2-1-3-7-17;/h1-11,14H,12-13,15-16H2,(H,32,34);1H. The minimum atomic E-state index is -0.274. The van der Waals surface area contributed by atoms with E-state index >= 15 is 0 Å². The fourth-order valence-corrected chi connectivity index (χ4v) is 7.34. The summed E-state index contributed by atoms with van der Waals surface area (Å²) in [4.78, 5) is 21.9. The van der Waals surface area contributed by atoms with Crippen molar-refractivity contribution in [3.8, 4) is 10.6 Å². The van der Waals surface area contributed by atoms with Crippen molar-refractivity contribution in [1.29, 1.82) is 0 Å². The Morgan fingerprint density at radius 1 is 1.00 bits per heavy atom. The Labute approximate surface area is 239 Å². The molecule has 0 fully saturated rings. The zero-order valence-electron chi connectivity index (χ0n) is 19.5. The number of thiazole rings is 1. The molecule has 4 nitrogen and oxygen atoms in total. The van der Waals surface area contributed by atoms with Crippen LogP contribution in [0.5, 0.6) is 0 Å². The molecule has 1 aliphatic heterocycles. The summed E-state index contributed by atoms with van der Waals surface area (Å²) >= 11 is 15.8. The van der Waals surface area contributed by atoms with Gasteiger partial charge in [0.1, 0.15) is 10.0 Å². The number of benzene rings is 3. The monoisotopic (exact) mass is 585 g/mol. The molecule has 0 saturated heterocycles. The number of nitrogens with zero attached hydrogens (tertiary/aromatic N) is 2. The Bertz CT molecular complexity index is 1550. The lowest BCUT2D eigenvalue weighted by Gasteiger charge is -2.27. The highest BCUT2D eigenvalue weighted by Gasteiger charge is 2.28. The van der Waals surface area contributed by atoms with Crippen LogP contribution < -0.4 is 5.32 Å². The van der Waals surface area contributed by atoms with Crippen LogP contribution in [0.3, 0.4) is 0 Å². The molecule has 188 valence electrons. The van der Waals surface area contributed by atoms with Gasteiger partial charge in [0.05, 0.1) is 20.8 Å². The zero-order chi connectivity index (χ0) is 24.6. The highest BCUT2D eigenvalue weighted by Crippen LogP contribution is 2.46. The second-order valence-electron chi connectivity index (χ2n) is 8.72. The predicted octanol–water partition coefficient (Wildman–Crippen LogP) is 8.56. The maximum atomic E-state index is 13.3. The molecular weight excluding hydrogens is 565 g/mol. The smallest absolute Gasteiger partial charge is 0.257 e. The molecule has 3 heterocycles. The van der Waals surface area contributed by atoms with Gasteiger partial charge < -0.3 is 5.32 Å². The van der Waals surface area contributed by atoms with Crippen molar-refractivity contribution < 1.29 is 4.79 Å². The van der Waals surface area contributed by atoms with Gasteiger partial charge in [-0.2, -0.15) is 0 Å². The van der Waals surface area contributed by atoms with E-state index in [2.05, 4.69) is 40.5 Å². The summed E-state index contributed by atoms with van der Waals surface area (Å²) in [5.41, 5.74) is 4.93. The molecule has 0 unspecified atom stereocenters. The van der Waals surface area contributed by atoms with E-state index in [1.54, 1.807) is 40.9 Å². The van der Waals surface area contributed by atoms with Gasteiger partial charge in [0, 0.05) is 35.1 Å². The number of hydrogen-bond donors (Lipinski definition) is 1. The van der Waals surface area contributed by atoms with Gasteiger partial charge in [0.25, 0.3) is 5.91 Å². The maximum absolute atomic E-state index is 13.3. The number of rotatable bonds is 5. The molecule has 2 aromatic heterocycles. The third-order valence-electron chi connectivity index (χ3n) is 6.29. The first-order chi connectivity index (χ1) is 17.5.